The minimum Gasteiger partial charge on any atom is -0.355 e. The van der Waals surface area contributed by atoms with Crippen LogP contribution in [-0.4, -0.2) is 18.1 Å². The molecular formula is C18H25N3. The first kappa shape index (κ1) is 14.4. The Morgan fingerprint density at radius 2 is 1.95 bits per heavy atom. The van der Waals surface area contributed by atoms with Crippen LogP contribution in [0.2, 0.25) is 0 Å². The molecule has 0 amide bonds. The average molecular weight is 283 g/mol. The minimum atomic E-state index is 0.763. The Morgan fingerprint density at radius 3 is 2.62 bits per heavy atom. The predicted molar refractivity (Wildman–Crippen MR) is 85.4 cm³/mol. The number of anilines is 1. The van der Waals surface area contributed by atoms with Gasteiger partial charge in [-0.05, 0) is 62.0 Å². The van der Waals surface area contributed by atoms with Gasteiger partial charge in [0.25, 0.3) is 0 Å². The van der Waals surface area contributed by atoms with Gasteiger partial charge in [0.05, 0.1) is 5.56 Å². The van der Waals surface area contributed by atoms with Crippen molar-refractivity contribution in [1.29, 1.82) is 5.26 Å². The van der Waals surface area contributed by atoms with Gasteiger partial charge in [0.1, 0.15) is 11.9 Å². The van der Waals surface area contributed by atoms with Crippen LogP contribution in [0.3, 0.4) is 0 Å². The zero-order valence-electron chi connectivity index (χ0n) is 13.2. The first-order valence-electron chi connectivity index (χ1n) is 8.37. The lowest BCUT2D eigenvalue weighted by molar-refractivity contribution is 0.310. The molecule has 3 rings (SSSR count). The lowest BCUT2D eigenvalue weighted by Crippen LogP contribution is -2.36. The summed E-state index contributed by atoms with van der Waals surface area (Å²) in [4.78, 5) is 7.22. The van der Waals surface area contributed by atoms with Crippen molar-refractivity contribution in [2.24, 2.45) is 11.8 Å². The summed E-state index contributed by atoms with van der Waals surface area (Å²) in [6, 6.07) is 4.48. The van der Waals surface area contributed by atoms with Gasteiger partial charge >= 0.3 is 0 Å². The second kappa shape index (κ2) is 6.05. The van der Waals surface area contributed by atoms with Gasteiger partial charge in [-0.15, -0.1) is 0 Å². The van der Waals surface area contributed by atoms with E-state index in [0.717, 1.165) is 49.1 Å². The van der Waals surface area contributed by atoms with Crippen LogP contribution >= 0.6 is 0 Å². The molecule has 0 unspecified atom stereocenters. The molecule has 1 fully saturated rings. The fraction of sp³-hybridized carbons (Fsp3) is 0.667. The van der Waals surface area contributed by atoms with E-state index in [2.05, 4.69) is 30.9 Å². The van der Waals surface area contributed by atoms with Crippen molar-refractivity contribution in [3.8, 4) is 6.07 Å². The highest BCUT2D eigenvalue weighted by atomic mass is 15.2. The Morgan fingerprint density at radius 1 is 1.24 bits per heavy atom. The topological polar surface area (TPSA) is 39.9 Å². The van der Waals surface area contributed by atoms with Crippen LogP contribution in [-0.2, 0) is 12.8 Å². The number of pyridine rings is 1. The highest BCUT2D eigenvalue weighted by Crippen LogP contribution is 2.31. The van der Waals surface area contributed by atoms with Crippen molar-refractivity contribution in [3.63, 3.8) is 0 Å². The Balaban J connectivity index is 1.84. The molecule has 1 aliphatic carbocycles. The first-order valence-corrected chi connectivity index (χ1v) is 8.37. The molecule has 1 aliphatic heterocycles. The van der Waals surface area contributed by atoms with Gasteiger partial charge in [-0.25, -0.2) is 4.98 Å². The van der Waals surface area contributed by atoms with Gasteiger partial charge in [0.15, 0.2) is 0 Å². The fourth-order valence-electron chi connectivity index (χ4n) is 3.72. The fourth-order valence-corrected chi connectivity index (χ4v) is 3.72. The van der Waals surface area contributed by atoms with Crippen molar-refractivity contribution in [2.45, 2.75) is 52.4 Å². The molecule has 0 radical (unpaired) electrons. The highest BCUT2D eigenvalue weighted by Gasteiger charge is 2.25. The Hall–Kier alpha value is -1.56. The normalized spacial score (nSPS) is 19.4. The maximum atomic E-state index is 9.47. The van der Waals surface area contributed by atoms with Crippen LogP contribution in [0.25, 0.3) is 0 Å². The molecule has 0 aromatic carbocycles. The van der Waals surface area contributed by atoms with E-state index in [-0.39, 0.29) is 0 Å². The standard InChI is InChI=1S/C18H25N3/c1-13(2)14-7-9-21(10-8-14)18-16(12-19)11-15-5-3-4-6-17(15)20-18/h11,13-14H,3-10H2,1-2H3. The summed E-state index contributed by atoms with van der Waals surface area (Å²) in [5.41, 5.74) is 3.32. The summed E-state index contributed by atoms with van der Waals surface area (Å²) in [7, 11) is 0. The number of rotatable bonds is 2. The molecule has 112 valence electrons. The maximum absolute atomic E-state index is 9.47. The summed E-state index contributed by atoms with van der Waals surface area (Å²) in [6.07, 6.45) is 7.09. The molecule has 0 spiro atoms. The monoisotopic (exact) mass is 283 g/mol. The van der Waals surface area contributed by atoms with Gasteiger partial charge in [-0.1, -0.05) is 13.8 Å². The van der Waals surface area contributed by atoms with Gasteiger partial charge in [-0.2, -0.15) is 5.26 Å². The highest BCUT2D eigenvalue weighted by molar-refractivity contribution is 5.56. The second-order valence-corrected chi connectivity index (χ2v) is 6.85. The van der Waals surface area contributed by atoms with Crippen LogP contribution < -0.4 is 4.90 Å². The summed E-state index contributed by atoms with van der Waals surface area (Å²) < 4.78 is 0. The van der Waals surface area contributed by atoms with Crippen molar-refractivity contribution >= 4 is 5.82 Å². The predicted octanol–water partition coefficient (Wildman–Crippen LogP) is 3.70. The van der Waals surface area contributed by atoms with Crippen LogP contribution in [0.4, 0.5) is 5.82 Å². The van der Waals surface area contributed by atoms with Gasteiger partial charge < -0.3 is 4.90 Å². The molecular weight excluding hydrogens is 258 g/mol. The van der Waals surface area contributed by atoms with Crippen LogP contribution in [0.5, 0.6) is 0 Å². The van der Waals surface area contributed by atoms with E-state index in [1.54, 1.807) is 0 Å². The van der Waals surface area contributed by atoms with E-state index in [9.17, 15) is 5.26 Å². The molecule has 1 saturated heterocycles. The quantitative estimate of drug-likeness (QED) is 0.830. The number of hydrogen-bond donors (Lipinski definition) is 0. The van der Waals surface area contributed by atoms with Gasteiger partial charge in [-0.3, -0.25) is 0 Å². The van der Waals surface area contributed by atoms with E-state index in [1.165, 1.54) is 36.9 Å². The molecule has 1 aromatic rings. The number of hydrogen-bond acceptors (Lipinski definition) is 3. The molecule has 0 atom stereocenters. The summed E-state index contributed by atoms with van der Waals surface area (Å²) >= 11 is 0. The molecule has 0 saturated carbocycles. The smallest absolute Gasteiger partial charge is 0.146 e. The van der Waals surface area contributed by atoms with Gasteiger partial charge in [0.2, 0.25) is 0 Å². The van der Waals surface area contributed by atoms with Crippen LogP contribution in [0.1, 0.15) is 56.4 Å². The molecule has 3 nitrogen and oxygen atoms in total. The summed E-state index contributed by atoms with van der Waals surface area (Å²) in [5, 5.41) is 9.47. The SMILES string of the molecule is CC(C)C1CCN(c2nc3c(cc2C#N)CCCC3)CC1. The lowest BCUT2D eigenvalue weighted by atomic mass is 9.86. The average Bonchev–Trinajstić information content (AvgIpc) is 2.53. The Kier molecular flexibility index (Phi) is 4.14. The zero-order chi connectivity index (χ0) is 14.8. The van der Waals surface area contributed by atoms with E-state index < -0.39 is 0 Å². The molecule has 2 aliphatic rings. The molecule has 0 bridgehead atoms. The third kappa shape index (κ3) is 2.90. The largest absolute Gasteiger partial charge is 0.355 e. The summed E-state index contributed by atoms with van der Waals surface area (Å²) in [6.45, 7) is 6.73. The van der Waals surface area contributed by atoms with E-state index >= 15 is 0 Å². The second-order valence-electron chi connectivity index (χ2n) is 6.85. The first-order chi connectivity index (χ1) is 10.2. The maximum Gasteiger partial charge on any atom is 0.146 e. The number of piperidine rings is 1. The molecule has 0 N–H and O–H groups in total. The number of nitrogens with zero attached hydrogens (tertiary/aromatic N) is 3. The number of fused-ring (bicyclic) bond motifs is 1. The Bertz CT molecular complexity index is 548. The van der Waals surface area contributed by atoms with Crippen molar-refractivity contribution in [3.05, 3.63) is 22.9 Å². The third-order valence-electron chi connectivity index (χ3n) is 5.18. The number of nitriles is 1. The minimum absolute atomic E-state index is 0.763. The molecule has 2 heterocycles. The zero-order valence-corrected chi connectivity index (χ0v) is 13.2. The van der Waals surface area contributed by atoms with Crippen LogP contribution in [0, 0.1) is 23.2 Å². The van der Waals surface area contributed by atoms with Crippen molar-refractivity contribution < 1.29 is 0 Å². The molecule has 1 aromatic heterocycles. The molecule has 21 heavy (non-hydrogen) atoms. The number of aromatic nitrogens is 1. The number of aryl methyl sites for hydroxylation is 2. The van der Waals surface area contributed by atoms with Gasteiger partial charge in [0, 0.05) is 18.8 Å². The third-order valence-corrected chi connectivity index (χ3v) is 5.18. The van der Waals surface area contributed by atoms with E-state index in [1.807, 2.05) is 0 Å². The van der Waals surface area contributed by atoms with E-state index in [0.29, 0.717) is 0 Å². The lowest BCUT2D eigenvalue weighted by Gasteiger charge is -2.35. The summed E-state index contributed by atoms with van der Waals surface area (Å²) in [5.74, 6) is 2.53. The van der Waals surface area contributed by atoms with Crippen molar-refractivity contribution in [2.75, 3.05) is 18.0 Å². The van der Waals surface area contributed by atoms with Crippen LogP contribution in [0.15, 0.2) is 6.07 Å². The molecule has 3 heteroatoms. The van der Waals surface area contributed by atoms with Crippen molar-refractivity contribution in [1.82, 2.24) is 4.98 Å². The Labute approximate surface area is 128 Å². The van der Waals surface area contributed by atoms with E-state index in [4.69, 9.17) is 4.98 Å².